The number of aliphatic hydroxyl groups is 3. The average molecular weight is 546 g/mol. The number of methoxy groups -OCH3 is 2. The van der Waals surface area contributed by atoms with Crippen molar-refractivity contribution in [2.45, 2.75) is 74.8 Å². The summed E-state index contributed by atoms with van der Waals surface area (Å²) >= 11 is 0. The first kappa shape index (κ1) is 30.2. The van der Waals surface area contributed by atoms with Crippen molar-refractivity contribution >= 4 is 12.2 Å². The molecule has 15 nitrogen and oxygen atoms in total. The van der Waals surface area contributed by atoms with Gasteiger partial charge in [0.15, 0.2) is 18.7 Å². The Bertz CT molecular complexity index is 977. The number of ether oxygens (including phenoxy) is 5. The van der Waals surface area contributed by atoms with Crippen LogP contribution in [0.2, 0.25) is 0 Å². The van der Waals surface area contributed by atoms with Gasteiger partial charge in [0.05, 0.1) is 13.2 Å². The van der Waals surface area contributed by atoms with Crippen molar-refractivity contribution in [3.05, 3.63) is 34.7 Å². The van der Waals surface area contributed by atoms with Crippen molar-refractivity contribution in [1.29, 1.82) is 0 Å². The lowest BCUT2D eigenvalue weighted by atomic mass is 9.95. The van der Waals surface area contributed by atoms with Gasteiger partial charge < -0.3 is 53.5 Å². The molecule has 38 heavy (non-hydrogen) atoms. The van der Waals surface area contributed by atoms with Crippen molar-refractivity contribution in [3.8, 4) is 0 Å². The summed E-state index contributed by atoms with van der Waals surface area (Å²) in [7, 11) is 2.53. The molecule has 0 spiro atoms. The molecule has 2 aliphatic rings. The number of aliphatic imine (C=N–C) groups is 1. The van der Waals surface area contributed by atoms with E-state index in [-0.39, 0.29) is 18.7 Å². The largest absolute Gasteiger partial charge is 0.479 e. The number of aliphatic hydroxyl groups excluding tert-OH is 3. The fraction of sp³-hybridized carbons (Fsp3) is 0.696. The zero-order chi connectivity index (χ0) is 27.8. The first-order valence-corrected chi connectivity index (χ1v) is 12.0. The summed E-state index contributed by atoms with van der Waals surface area (Å²) in [6.45, 7) is 2.44. The molecular weight excluding hydrogens is 510 g/mol. The van der Waals surface area contributed by atoms with Gasteiger partial charge in [0.25, 0.3) is 5.56 Å². The van der Waals surface area contributed by atoms with Crippen molar-refractivity contribution in [3.63, 3.8) is 0 Å². The van der Waals surface area contributed by atoms with E-state index >= 15 is 0 Å². The summed E-state index contributed by atoms with van der Waals surface area (Å²) in [5.74, 6) is -1.44. The molecule has 0 saturated carbocycles. The number of aromatic nitrogens is 1. The Kier molecular flexibility index (Phi) is 11.3. The van der Waals surface area contributed by atoms with Crippen molar-refractivity contribution in [2.75, 3.05) is 27.4 Å². The number of nitrogens with one attached hydrogen (secondary N) is 1. The highest BCUT2D eigenvalue weighted by atomic mass is 16.7. The van der Waals surface area contributed by atoms with Gasteiger partial charge >= 0.3 is 5.97 Å². The molecular formula is C23H35N3O12. The van der Waals surface area contributed by atoms with Crippen LogP contribution in [0.25, 0.3) is 0 Å². The molecule has 0 aromatic carbocycles. The summed E-state index contributed by atoms with van der Waals surface area (Å²) in [4.78, 5) is 33.1. The molecule has 2 fully saturated rings. The van der Waals surface area contributed by atoms with Crippen molar-refractivity contribution < 1.29 is 53.7 Å². The summed E-state index contributed by atoms with van der Waals surface area (Å²) in [6, 6.07) is 3.81. The van der Waals surface area contributed by atoms with E-state index < -0.39 is 67.3 Å². The maximum Gasteiger partial charge on any atom is 0.335 e. The number of hydrogen-bond acceptors (Lipinski definition) is 13. The molecule has 1 aromatic rings. The van der Waals surface area contributed by atoms with Gasteiger partial charge in [0.1, 0.15) is 42.7 Å². The van der Waals surface area contributed by atoms with E-state index in [9.17, 15) is 30.0 Å². The van der Waals surface area contributed by atoms with Crippen LogP contribution in [0.4, 0.5) is 0 Å². The Hall–Kier alpha value is -2.31. The highest BCUT2D eigenvalue weighted by Gasteiger charge is 2.53. The van der Waals surface area contributed by atoms with Gasteiger partial charge in [-0.3, -0.25) is 9.79 Å². The standard InChI is InChI=1S/C23H35N3O12/c1-4-35-25-14-18(37-23-17(30)16(29)19(33-2)20(38-23)21(31)32)15(28)12(36-22(14)34-3)11-24-8-10-26-9-6-5-7-13(26)27/h5-7,9,11-12,14-20,22-23,25,28-30H,4,8,10H2,1-3H3,(H,31,32). The van der Waals surface area contributed by atoms with Crippen LogP contribution < -0.4 is 11.0 Å². The van der Waals surface area contributed by atoms with Crippen LogP contribution in [-0.4, -0.2) is 126 Å². The molecule has 0 amide bonds. The van der Waals surface area contributed by atoms with Gasteiger partial charge in [-0.2, -0.15) is 5.48 Å². The molecule has 3 heterocycles. The third-order valence-corrected chi connectivity index (χ3v) is 6.18. The fourth-order valence-corrected chi connectivity index (χ4v) is 4.22. The Labute approximate surface area is 218 Å². The highest BCUT2D eigenvalue weighted by molar-refractivity contribution is 5.73. The predicted octanol–water partition coefficient (Wildman–Crippen LogP) is -2.51. The maximum absolute atomic E-state index is 11.9. The van der Waals surface area contributed by atoms with Gasteiger partial charge in [-0.1, -0.05) is 6.07 Å². The van der Waals surface area contributed by atoms with E-state index in [1.807, 2.05) is 0 Å². The molecule has 15 heteroatoms. The lowest BCUT2D eigenvalue weighted by molar-refractivity contribution is -0.339. The fourth-order valence-electron chi connectivity index (χ4n) is 4.22. The van der Waals surface area contributed by atoms with Crippen LogP contribution in [0.1, 0.15) is 6.92 Å². The number of hydrogen-bond donors (Lipinski definition) is 5. The van der Waals surface area contributed by atoms with Gasteiger partial charge in [-0.25, -0.2) is 4.79 Å². The Morgan fingerprint density at radius 3 is 2.50 bits per heavy atom. The molecule has 0 bridgehead atoms. The number of carboxylic acid groups (broad SMARTS) is 1. The minimum absolute atomic E-state index is 0.182. The van der Waals surface area contributed by atoms with E-state index in [1.165, 1.54) is 31.1 Å². The SMILES string of the molecule is CCONC1C(OC)OC(C=NCCn2ccccc2=O)C(O)C1OC1OC(C(=O)O)C(OC)C(O)C1O. The van der Waals surface area contributed by atoms with Crippen LogP contribution >= 0.6 is 0 Å². The monoisotopic (exact) mass is 545 g/mol. The summed E-state index contributed by atoms with van der Waals surface area (Å²) in [6.07, 6.45) is -9.89. The van der Waals surface area contributed by atoms with Crippen molar-refractivity contribution in [2.24, 2.45) is 4.99 Å². The van der Waals surface area contributed by atoms with Gasteiger partial charge in [0.2, 0.25) is 0 Å². The lowest BCUT2D eigenvalue weighted by Gasteiger charge is -2.46. The van der Waals surface area contributed by atoms with Gasteiger partial charge in [0, 0.05) is 39.2 Å². The van der Waals surface area contributed by atoms with E-state index in [2.05, 4.69) is 10.5 Å². The molecule has 2 saturated heterocycles. The molecule has 5 N–H and O–H groups in total. The topological polar surface area (TPSA) is 200 Å². The molecule has 3 rings (SSSR count). The maximum atomic E-state index is 11.9. The van der Waals surface area contributed by atoms with Crippen LogP contribution in [0.3, 0.4) is 0 Å². The molecule has 2 aliphatic heterocycles. The first-order valence-electron chi connectivity index (χ1n) is 12.0. The number of carboxylic acids is 1. The summed E-state index contributed by atoms with van der Waals surface area (Å²) in [5.41, 5.74) is 2.50. The van der Waals surface area contributed by atoms with Gasteiger partial charge in [-0.15, -0.1) is 0 Å². The minimum Gasteiger partial charge on any atom is -0.479 e. The second kappa shape index (κ2) is 14.2. The molecule has 214 valence electrons. The predicted molar refractivity (Wildman–Crippen MR) is 128 cm³/mol. The third-order valence-electron chi connectivity index (χ3n) is 6.18. The lowest BCUT2D eigenvalue weighted by Crippen LogP contribution is -2.67. The number of hydroxylamine groups is 1. The molecule has 0 radical (unpaired) electrons. The molecule has 0 aliphatic carbocycles. The van der Waals surface area contributed by atoms with Crippen LogP contribution in [0.5, 0.6) is 0 Å². The number of rotatable bonds is 12. The van der Waals surface area contributed by atoms with Crippen LogP contribution in [0.15, 0.2) is 34.2 Å². The number of aliphatic carboxylic acids is 1. The summed E-state index contributed by atoms with van der Waals surface area (Å²) in [5, 5.41) is 41.7. The Balaban J connectivity index is 1.79. The van der Waals surface area contributed by atoms with Crippen LogP contribution in [0, 0.1) is 0 Å². The Morgan fingerprint density at radius 2 is 1.87 bits per heavy atom. The zero-order valence-electron chi connectivity index (χ0n) is 21.2. The smallest absolute Gasteiger partial charge is 0.335 e. The third kappa shape index (κ3) is 7.01. The second-order valence-electron chi connectivity index (χ2n) is 8.61. The van der Waals surface area contributed by atoms with Gasteiger partial charge in [-0.05, 0) is 13.0 Å². The average Bonchev–Trinajstić information content (AvgIpc) is 2.90. The van der Waals surface area contributed by atoms with E-state index in [4.69, 9.17) is 28.5 Å². The highest BCUT2D eigenvalue weighted by Crippen LogP contribution is 2.30. The quantitative estimate of drug-likeness (QED) is 0.136. The van der Waals surface area contributed by atoms with E-state index in [1.54, 1.807) is 25.3 Å². The number of nitrogens with zero attached hydrogens (tertiary/aromatic N) is 2. The van der Waals surface area contributed by atoms with E-state index in [0.29, 0.717) is 6.54 Å². The first-order chi connectivity index (χ1) is 18.2. The minimum atomic E-state index is -1.71. The number of pyridine rings is 1. The molecule has 1 aromatic heterocycles. The zero-order valence-corrected chi connectivity index (χ0v) is 21.2. The summed E-state index contributed by atoms with van der Waals surface area (Å²) < 4.78 is 29.0. The van der Waals surface area contributed by atoms with Crippen LogP contribution in [-0.2, 0) is 39.9 Å². The molecule has 10 unspecified atom stereocenters. The number of carbonyl (C=O) groups is 1. The second-order valence-corrected chi connectivity index (χ2v) is 8.61. The Morgan fingerprint density at radius 1 is 1.11 bits per heavy atom. The molecule has 10 atom stereocenters. The van der Waals surface area contributed by atoms with E-state index in [0.717, 1.165) is 0 Å². The normalized spacial score (nSPS) is 35.9. The van der Waals surface area contributed by atoms with Crippen molar-refractivity contribution in [1.82, 2.24) is 10.0 Å².